The van der Waals surface area contributed by atoms with Crippen LogP contribution in [0, 0.1) is 5.92 Å². The molecule has 1 aromatic carbocycles. The van der Waals surface area contributed by atoms with E-state index in [1.807, 2.05) is 52.0 Å². The molecule has 8 nitrogen and oxygen atoms in total. The second-order valence-electron chi connectivity index (χ2n) is 10.4. The molecule has 1 unspecified atom stereocenters. The fraction of sp³-hybridized carbons (Fsp3) is 0.429. The SMILES string of the molecule is CC(c1cccc(-c2ncc(OCC3CCN(C(=O)OC(C)(C)C)CC3)cn2)c1)n1cc(Br)ccc1=O. The van der Waals surface area contributed by atoms with Crippen LogP contribution < -0.4 is 10.3 Å². The molecule has 0 aliphatic carbocycles. The lowest BCUT2D eigenvalue weighted by Gasteiger charge is -2.33. The minimum Gasteiger partial charge on any atom is -0.490 e. The molecule has 9 heteroatoms. The van der Waals surface area contributed by atoms with Gasteiger partial charge in [0.05, 0.1) is 25.0 Å². The number of amides is 1. The third-order valence-electron chi connectivity index (χ3n) is 6.33. The maximum absolute atomic E-state index is 12.3. The molecule has 1 fully saturated rings. The molecular formula is C28H33BrN4O4. The van der Waals surface area contributed by atoms with Gasteiger partial charge in [-0.05, 0) is 80.1 Å². The Bertz CT molecular complexity index is 1280. The van der Waals surface area contributed by atoms with Gasteiger partial charge in [-0.25, -0.2) is 14.8 Å². The van der Waals surface area contributed by atoms with Crippen LogP contribution in [-0.2, 0) is 4.74 Å². The Hall–Kier alpha value is -3.20. The number of halogens is 1. The summed E-state index contributed by atoms with van der Waals surface area (Å²) in [4.78, 5) is 35.4. The maximum atomic E-state index is 12.3. The van der Waals surface area contributed by atoms with Crippen molar-refractivity contribution in [2.45, 2.75) is 52.2 Å². The second-order valence-corrected chi connectivity index (χ2v) is 11.3. The van der Waals surface area contributed by atoms with Gasteiger partial charge >= 0.3 is 6.09 Å². The van der Waals surface area contributed by atoms with E-state index in [0.29, 0.717) is 37.2 Å². The highest BCUT2D eigenvalue weighted by Crippen LogP contribution is 2.25. The van der Waals surface area contributed by atoms with Crippen molar-refractivity contribution in [1.82, 2.24) is 19.4 Å². The molecule has 3 heterocycles. The molecule has 0 N–H and O–H groups in total. The van der Waals surface area contributed by atoms with Crippen molar-refractivity contribution < 1.29 is 14.3 Å². The lowest BCUT2D eigenvalue weighted by atomic mass is 9.98. The molecule has 2 aromatic heterocycles. The van der Waals surface area contributed by atoms with Gasteiger partial charge in [0.15, 0.2) is 11.6 Å². The van der Waals surface area contributed by atoms with Crippen LogP contribution in [0.15, 0.2) is 64.3 Å². The van der Waals surface area contributed by atoms with Crippen LogP contribution in [0.1, 0.15) is 52.1 Å². The summed E-state index contributed by atoms with van der Waals surface area (Å²) in [5.41, 5.74) is 1.31. The predicted molar refractivity (Wildman–Crippen MR) is 146 cm³/mol. The van der Waals surface area contributed by atoms with Gasteiger partial charge in [-0.1, -0.05) is 18.2 Å². The molecule has 1 amide bonds. The van der Waals surface area contributed by atoms with Gasteiger partial charge in [-0.15, -0.1) is 0 Å². The maximum Gasteiger partial charge on any atom is 0.410 e. The van der Waals surface area contributed by atoms with E-state index in [4.69, 9.17) is 9.47 Å². The third-order valence-corrected chi connectivity index (χ3v) is 6.80. The number of likely N-dealkylation sites (tertiary alicyclic amines) is 1. The topological polar surface area (TPSA) is 86.5 Å². The zero-order chi connectivity index (χ0) is 26.6. The number of nitrogens with zero attached hydrogens (tertiary/aromatic N) is 4. The number of carbonyl (C=O) groups is 1. The highest BCUT2D eigenvalue weighted by Gasteiger charge is 2.27. The zero-order valence-electron chi connectivity index (χ0n) is 21.7. The summed E-state index contributed by atoms with van der Waals surface area (Å²) in [6, 6.07) is 11.0. The number of pyridine rings is 1. The van der Waals surface area contributed by atoms with Crippen LogP contribution >= 0.6 is 15.9 Å². The van der Waals surface area contributed by atoms with Gasteiger partial charge in [0.25, 0.3) is 5.56 Å². The number of ether oxygens (including phenoxy) is 2. The number of rotatable bonds is 6. The summed E-state index contributed by atoms with van der Waals surface area (Å²) in [5, 5.41) is 0. The summed E-state index contributed by atoms with van der Waals surface area (Å²) in [6.45, 7) is 9.51. The Morgan fingerprint density at radius 3 is 2.51 bits per heavy atom. The van der Waals surface area contributed by atoms with E-state index in [-0.39, 0.29) is 17.7 Å². The van der Waals surface area contributed by atoms with Crippen molar-refractivity contribution in [2.24, 2.45) is 5.92 Å². The second kappa shape index (κ2) is 11.5. The van der Waals surface area contributed by atoms with Crippen molar-refractivity contribution >= 4 is 22.0 Å². The van der Waals surface area contributed by atoms with Crippen LogP contribution in [0.2, 0.25) is 0 Å². The van der Waals surface area contributed by atoms with Gasteiger partial charge in [0.2, 0.25) is 0 Å². The fourth-order valence-electron chi connectivity index (χ4n) is 4.24. The number of hydrogen-bond acceptors (Lipinski definition) is 6. The van der Waals surface area contributed by atoms with Crippen molar-refractivity contribution in [3.63, 3.8) is 0 Å². The molecule has 1 aliphatic heterocycles. The monoisotopic (exact) mass is 568 g/mol. The molecule has 1 aliphatic rings. The van der Waals surface area contributed by atoms with Gasteiger partial charge < -0.3 is 18.9 Å². The molecule has 1 saturated heterocycles. The minimum atomic E-state index is -0.485. The standard InChI is InChI=1S/C28H33BrN4O4/c1-19(33-17-23(29)8-9-25(33)34)21-6-5-7-22(14-21)26-30-15-24(16-31-26)36-18-20-10-12-32(13-11-20)27(35)37-28(2,3)4/h5-9,14-17,19-20H,10-13,18H2,1-4H3. The van der Waals surface area contributed by atoms with Crippen molar-refractivity contribution in [3.8, 4) is 17.1 Å². The molecule has 196 valence electrons. The number of hydrogen-bond donors (Lipinski definition) is 0. The largest absolute Gasteiger partial charge is 0.490 e. The number of carbonyl (C=O) groups excluding carboxylic acids is 1. The lowest BCUT2D eigenvalue weighted by molar-refractivity contribution is 0.0165. The smallest absolute Gasteiger partial charge is 0.410 e. The van der Waals surface area contributed by atoms with E-state index < -0.39 is 5.60 Å². The summed E-state index contributed by atoms with van der Waals surface area (Å²) < 4.78 is 14.0. The minimum absolute atomic E-state index is 0.0608. The molecule has 37 heavy (non-hydrogen) atoms. The number of benzene rings is 1. The highest BCUT2D eigenvalue weighted by molar-refractivity contribution is 9.10. The summed E-state index contributed by atoms with van der Waals surface area (Å²) in [7, 11) is 0. The molecule has 0 spiro atoms. The van der Waals surface area contributed by atoms with Gasteiger partial charge in [-0.3, -0.25) is 4.79 Å². The molecule has 0 bridgehead atoms. The summed E-state index contributed by atoms with van der Waals surface area (Å²) in [5.74, 6) is 1.56. The van der Waals surface area contributed by atoms with E-state index in [1.165, 1.54) is 0 Å². The van der Waals surface area contributed by atoms with E-state index in [9.17, 15) is 9.59 Å². The fourth-order valence-corrected chi connectivity index (χ4v) is 4.59. The van der Waals surface area contributed by atoms with Crippen molar-refractivity contribution in [3.05, 3.63) is 75.4 Å². The Kier molecular flexibility index (Phi) is 8.32. The van der Waals surface area contributed by atoms with Crippen LogP contribution in [0.4, 0.5) is 4.79 Å². The molecule has 0 radical (unpaired) electrons. The molecule has 4 rings (SSSR count). The number of piperidine rings is 1. The first kappa shape index (κ1) is 26.9. The Balaban J connectivity index is 1.33. The molecular weight excluding hydrogens is 536 g/mol. The number of aromatic nitrogens is 3. The van der Waals surface area contributed by atoms with Crippen molar-refractivity contribution in [2.75, 3.05) is 19.7 Å². The first-order chi connectivity index (χ1) is 17.6. The molecule has 1 atom stereocenters. The van der Waals surface area contributed by atoms with Gasteiger partial charge in [0, 0.05) is 35.4 Å². The lowest BCUT2D eigenvalue weighted by Crippen LogP contribution is -2.42. The average Bonchev–Trinajstić information content (AvgIpc) is 2.88. The van der Waals surface area contributed by atoms with Crippen LogP contribution in [0.5, 0.6) is 5.75 Å². The normalized spacial score (nSPS) is 15.3. The summed E-state index contributed by atoms with van der Waals surface area (Å²) >= 11 is 3.44. The Morgan fingerprint density at radius 2 is 1.84 bits per heavy atom. The first-order valence-electron chi connectivity index (χ1n) is 12.5. The quantitative estimate of drug-likeness (QED) is 0.379. The Labute approximate surface area is 225 Å². The average molecular weight is 570 g/mol. The molecule has 3 aromatic rings. The highest BCUT2D eigenvalue weighted by atomic mass is 79.9. The Morgan fingerprint density at radius 1 is 1.14 bits per heavy atom. The first-order valence-corrected chi connectivity index (χ1v) is 13.3. The van der Waals surface area contributed by atoms with Crippen LogP contribution in [0.25, 0.3) is 11.4 Å². The van der Waals surface area contributed by atoms with E-state index in [2.05, 4.69) is 25.9 Å². The van der Waals surface area contributed by atoms with E-state index in [0.717, 1.165) is 28.4 Å². The third kappa shape index (κ3) is 7.19. The van der Waals surface area contributed by atoms with Gasteiger partial charge in [-0.2, -0.15) is 0 Å². The van der Waals surface area contributed by atoms with Crippen molar-refractivity contribution in [1.29, 1.82) is 0 Å². The summed E-state index contributed by atoms with van der Waals surface area (Å²) in [6.07, 6.45) is 6.65. The van der Waals surface area contributed by atoms with E-state index >= 15 is 0 Å². The zero-order valence-corrected chi connectivity index (χ0v) is 23.3. The van der Waals surface area contributed by atoms with Crippen LogP contribution in [-0.4, -0.2) is 50.8 Å². The van der Waals surface area contributed by atoms with E-state index in [1.54, 1.807) is 40.2 Å². The molecule has 0 saturated carbocycles. The van der Waals surface area contributed by atoms with Gasteiger partial charge in [0.1, 0.15) is 5.60 Å². The predicted octanol–water partition coefficient (Wildman–Crippen LogP) is 5.70. The van der Waals surface area contributed by atoms with Crippen LogP contribution in [0.3, 0.4) is 0 Å².